The van der Waals surface area contributed by atoms with Gasteiger partial charge >= 0.3 is 115 Å². The Morgan fingerprint density at radius 2 is 1.46 bits per heavy atom. The van der Waals surface area contributed by atoms with Crippen LogP contribution in [-0.2, 0) is 25.7 Å². The molecule has 2 atom stereocenters. The summed E-state index contributed by atoms with van der Waals surface area (Å²) in [6, 6.07) is 4.74. The topological polar surface area (TPSA) is 199 Å². The molecule has 0 aliphatic carbocycles. The molecule has 0 bridgehead atoms. The first-order chi connectivity index (χ1) is 18.3. The Hall–Kier alpha value is -0.547. The fraction of sp³-hybridized carbons (Fsp3) is 0.292. The summed E-state index contributed by atoms with van der Waals surface area (Å²) in [5.74, 6) is -3.44. The van der Waals surface area contributed by atoms with E-state index in [-0.39, 0.29) is 128 Å². The van der Waals surface area contributed by atoms with E-state index in [1.54, 1.807) is 26.0 Å². The van der Waals surface area contributed by atoms with Crippen molar-refractivity contribution in [1.29, 1.82) is 0 Å². The van der Waals surface area contributed by atoms with Crippen LogP contribution in [0.25, 0.3) is 9.69 Å². The number of carboxylic acids is 2. The fourth-order valence-corrected chi connectivity index (χ4v) is 2.75. The second kappa shape index (κ2) is 27.0. The fourth-order valence-electron chi connectivity index (χ4n) is 2.33. The number of nitrogens with two attached hydrogens (primary N) is 1. The number of carboxylic acid groups (broad SMARTS) is 2. The van der Waals surface area contributed by atoms with Gasteiger partial charge in [0.15, 0.2) is 0 Å². The second-order valence-corrected chi connectivity index (χ2v) is 7.91. The first-order valence-electron chi connectivity index (χ1n) is 10.4. The molecule has 2 unspecified atom stereocenters. The van der Waals surface area contributed by atoms with Crippen LogP contribution in [0, 0.1) is 38.7 Å². The minimum Gasteiger partial charge on any atom is -1.00 e. The average molecular weight is 669 g/mol. The Labute approximate surface area is 332 Å². The number of nitrogens with zero attached hydrogens (tertiary/aromatic N) is 2. The van der Waals surface area contributed by atoms with Gasteiger partial charge in [0.1, 0.15) is 11.9 Å². The molecule has 2 aromatic carbocycles. The van der Waals surface area contributed by atoms with Crippen LogP contribution < -0.4 is 114 Å². The molecule has 2 aromatic rings. The molecular weight excluding hydrogens is 642 g/mol. The molecule has 0 saturated carbocycles. The number of aliphatic carboxylic acids is 2. The van der Waals surface area contributed by atoms with Gasteiger partial charge < -0.3 is 37.7 Å². The van der Waals surface area contributed by atoms with Crippen LogP contribution in [0.15, 0.2) is 24.3 Å². The number of carbonyl (C=O) groups excluding carboxylic acids is 1. The first-order valence-corrected chi connectivity index (χ1v) is 11.2. The quantitative estimate of drug-likeness (QED) is 0.0656. The smallest absolute Gasteiger partial charge is 1.00 e. The van der Waals surface area contributed by atoms with Gasteiger partial charge in [-0.25, -0.2) is 14.1 Å². The molecule has 0 amide bonds. The molecule has 0 fully saturated rings. The SMILES string of the molecule is NC(CO)C(=O)O.O=CO[O-].[C-]#[N+]c1ccc(CC(CO)C(=O)O)c(C)c1Cl.[C-]#[N+]c1ccc(F)c(C)c1Cl.[H-].[K+].[K+]. The van der Waals surface area contributed by atoms with E-state index in [2.05, 4.69) is 14.6 Å². The number of aliphatic hydroxyl groups is 2. The van der Waals surface area contributed by atoms with Crippen molar-refractivity contribution in [2.45, 2.75) is 26.3 Å². The predicted octanol–water partition coefficient (Wildman–Crippen LogP) is -3.28. The molecule has 0 aliphatic rings. The normalized spacial score (nSPS) is 10.2. The molecule has 6 N–H and O–H groups in total. The molecule has 0 spiro atoms. The second-order valence-electron chi connectivity index (χ2n) is 7.15. The van der Waals surface area contributed by atoms with E-state index in [1.165, 1.54) is 12.1 Å². The Kier molecular flexibility index (Phi) is 31.2. The third kappa shape index (κ3) is 18.7. The van der Waals surface area contributed by atoms with E-state index >= 15 is 0 Å². The van der Waals surface area contributed by atoms with Crippen LogP contribution in [-0.4, -0.2) is 58.1 Å². The molecular formula is C24H26Cl2FK2N3O9. The summed E-state index contributed by atoms with van der Waals surface area (Å²) in [5, 5.41) is 42.7. The van der Waals surface area contributed by atoms with Crippen molar-refractivity contribution in [3.05, 3.63) is 79.7 Å². The summed E-state index contributed by atoms with van der Waals surface area (Å²) in [4.78, 5) is 38.1. The maximum atomic E-state index is 12.7. The van der Waals surface area contributed by atoms with E-state index in [0.717, 1.165) is 5.56 Å². The maximum absolute atomic E-state index is 12.7. The molecule has 0 heterocycles. The predicted molar refractivity (Wildman–Crippen MR) is 138 cm³/mol. The summed E-state index contributed by atoms with van der Waals surface area (Å²) in [6.07, 6.45) is 0.204. The molecule has 0 aliphatic heterocycles. The van der Waals surface area contributed by atoms with E-state index in [0.29, 0.717) is 27.5 Å². The Morgan fingerprint density at radius 3 is 1.78 bits per heavy atom. The molecule has 0 saturated heterocycles. The van der Waals surface area contributed by atoms with Crippen molar-refractivity contribution in [1.82, 2.24) is 0 Å². The minimum atomic E-state index is -1.18. The van der Waals surface area contributed by atoms with Crippen LogP contribution in [0.3, 0.4) is 0 Å². The molecule has 0 radical (unpaired) electrons. The number of hydrogen-bond acceptors (Lipinski definition) is 8. The van der Waals surface area contributed by atoms with E-state index < -0.39 is 37.1 Å². The zero-order valence-corrected chi connectivity index (χ0v) is 30.4. The van der Waals surface area contributed by atoms with Crippen molar-refractivity contribution < 1.29 is 154 Å². The summed E-state index contributed by atoms with van der Waals surface area (Å²) in [6.45, 7) is 15.8. The van der Waals surface area contributed by atoms with Crippen molar-refractivity contribution in [3.63, 3.8) is 0 Å². The van der Waals surface area contributed by atoms with E-state index in [1.807, 2.05) is 0 Å². The molecule has 12 nitrogen and oxygen atoms in total. The van der Waals surface area contributed by atoms with E-state index in [4.69, 9.17) is 72.6 Å². The summed E-state index contributed by atoms with van der Waals surface area (Å²) >= 11 is 11.6. The van der Waals surface area contributed by atoms with Crippen LogP contribution in [0.5, 0.6) is 0 Å². The van der Waals surface area contributed by atoms with Gasteiger partial charge in [-0.05, 0) is 43.0 Å². The van der Waals surface area contributed by atoms with Gasteiger partial charge in [-0.2, -0.15) is 0 Å². The van der Waals surface area contributed by atoms with Crippen molar-refractivity contribution in [2.75, 3.05) is 13.2 Å². The molecule has 214 valence electrons. The van der Waals surface area contributed by atoms with E-state index in [9.17, 15) is 14.0 Å². The van der Waals surface area contributed by atoms with Crippen molar-refractivity contribution in [3.8, 4) is 0 Å². The number of halogens is 3. The molecule has 2 rings (SSSR count). The molecule has 17 heteroatoms. The first kappa shape index (κ1) is 47.4. The third-order valence-electron chi connectivity index (χ3n) is 4.61. The number of carbonyl (C=O) groups is 3. The van der Waals surface area contributed by atoms with Crippen LogP contribution in [0.4, 0.5) is 15.8 Å². The monoisotopic (exact) mass is 667 g/mol. The average Bonchev–Trinajstić information content (AvgIpc) is 2.92. The van der Waals surface area contributed by atoms with Crippen molar-refractivity contribution in [2.24, 2.45) is 11.7 Å². The van der Waals surface area contributed by atoms with Gasteiger partial charge in [0, 0.05) is 0 Å². The Balaban J connectivity index is -0.000000159. The van der Waals surface area contributed by atoms with Crippen molar-refractivity contribution >= 4 is 53.0 Å². The van der Waals surface area contributed by atoms with Crippen LogP contribution >= 0.6 is 23.2 Å². The Bertz CT molecular complexity index is 1220. The zero-order valence-electron chi connectivity index (χ0n) is 23.6. The molecule has 41 heavy (non-hydrogen) atoms. The number of hydrogen-bond donors (Lipinski definition) is 5. The summed E-state index contributed by atoms with van der Waals surface area (Å²) in [7, 11) is 0. The summed E-state index contributed by atoms with van der Waals surface area (Å²) in [5.41, 5.74) is 7.18. The minimum absolute atomic E-state index is 0. The van der Waals surface area contributed by atoms with Gasteiger partial charge in [0.25, 0.3) is 6.47 Å². The summed E-state index contributed by atoms with van der Waals surface area (Å²) < 4.78 is 12.7. The van der Waals surface area contributed by atoms with Gasteiger partial charge in [-0.3, -0.25) is 14.4 Å². The Morgan fingerprint density at radius 1 is 1.02 bits per heavy atom. The van der Waals surface area contributed by atoms with Gasteiger partial charge in [0.05, 0.1) is 42.3 Å². The number of rotatable bonds is 7. The van der Waals surface area contributed by atoms with Gasteiger partial charge in [0.2, 0.25) is 11.4 Å². The number of aliphatic hydroxyl groups excluding tert-OH is 2. The number of benzene rings is 2. The molecule has 0 aromatic heterocycles. The van der Waals surface area contributed by atoms with Crippen LogP contribution in [0.2, 0.25) is 10.0 Å². The standard InChI is InChI=1S/C12H12ClNO3.C8H5ClFN.C3H7NO3.CH2O3.2K.H/c1-7-8(5-9(6-15)12(16)17)3-4-10(14-2)11(7)13;1-5-6(10)3-4-7(11-2)8(5)9;4-2(1-5)3(6)7;2-1-4-3;;;/h3-4,9,15H,5-6H2,1H3,(H,16,17);3-4H,1H3;2,5H,1,4H2,(H,6,7);1,3H;;;/q;;;;2*+1;-1/p-1. The largest absolute Gasteiger partial charge is 1.00 e. The van der Waals surface area contributed by atoms with Gasteiger partial charge in [-0.1, -0.05) is 41.4 Å². The van der Waals surface area contributed by atoms with Crippen LogP contribution in [0.1, 0.15) is 18.1 Å². The zero-order chi connectivity index (χ0) is 30.7. The maximum Gasteiger partial charge on any atom is 1.00 e. The third-order valence-corrected chi connectivity index (χ3v) is 5.56. The van der Waals surface area contributed by atoms with Gasteiger partial charge in [-0.15, -0.1) is 0 Å².